The van der Waals surface area contributed by atoms with Gasteiger partial charge in [-0.1, -0.05) is 61.5 Å². The molecule has 2 heterocycles. The van der Waals surface area contributed by atoms with Gasteiger partial charge < -0.3 is 14.4 Å². The van der Waals surface area contributed by atoms with Crippen LogP contribution in [0.3, 0.4) is 0 Å². The largest absolute Gasteiger partial charge is 0.507 e. The predicted molar refractivity (Wildman–Crippen MR) is 109 cm³/mol. The van der Waals surface area contributed by atoms with Crippen LogP contribution in [0, 0.1) is 0 Å². The zero-order chi connectivity index (χ0) is 20.4. The Kier molecular flexibility index (Phi) is 5.04. The Hall–Kier alpha value is -3.60. The molecule has 1 atom stereocenters. The number of furan rings is 1. The SMILES string of the molecule is CCc1ccc(C2C(=C(O)c3ccccc3)C(=O)C(=O)N2Cc2ccco2)cc1. The van der Waals surface area contributed by atoms with Crippen molar-refractivity contribution in [3.05, 3.63) is 101 Å². The van der Waals surface area contributed by atoms with E-state index in [2.05, 4.69) is 6.92 Å². The minimum Gasteiger partial charge on any atom is -0.507 e. The van der Waals surface area contributed by atoms with Crippen molar-refractivity contribution in [2.45, 2.75) is 25.9 Å². The minimum atomic E-state index is -0.692. The smallest absolute Gasteiger partial charge is 0.296 e. The number of carbonyl (C=O) groups is 2. The third kappa shape index (κ3) is 3.47. The average molecular weight is 387 g/mol. The number of hydrogen-bond acceptors (Lipinski definition) is 4. The summed E-state index contributed by atoms with van der Waals surface area (Å²) in [6, 6.07) is 19.4. The number of likely N-dealkylation sites (tertiary alicyclic amines) is 1. The van der Waals surface area contributed by atoms with E-state index in [9.17, 15) is 14.7 Å². The number of aliphatic hydroxyl groups is 1. The van der Waals surface area contributed by atoms with Crippen molar-refractivity contribution in [2.24, 2.45) is 0 Å². The Morgan fingerprint density at radius 2 is 1.72 bits per heavy atom. The Bertz CT molecular complexity index is 1050. The standard InChI is InChI=1S/C24H21NO4/c1-2-16-10-12-17(13-11-16)21-20(22(26)18-7-4-3-5-8-18)23(27)24(28)25(21)15-19-9-6-14-29-19/h3-14,21,26H,2,15H2,1H3. The zero-order valence-electron chi connectivity index (χ0n) is 16.0. The van der Waals surface area contributed by atoms with Crippen LogP contribution in [0.5, 0.6) is 0 Å². The highest BCUT2D eigenvalue weighted by Gasteiger charge is 2.46. The predicted octanol–water partition coefficient (Wildman–Crippen LogP) is 4.46. The van der Waals surface area contributed by atoms with Crippen LogP contribution >= 0.6 is 0 Å². The molecule has 5 heteroatoms. The Morgan fingerprint density at radius 3 is 2.34 bits per heavy atom. The molecular weight excluding hydrogens is 366 g/mol. The molecule has 1 aliphatic rings. The molecule has 146 valence electrons. The zero-order valence-corrected chi connectivity index (χ0v) is 16.0. The lowest BCUT2D eigenvalue weighted by Gasteiger charge is -2.24. The molecule has 2 aromatic carbocycles. The number of ketones is 1. The van der Waals surface area contributed by atoms with Crippen molar-refractivity contribution in [1.29, 1.82) is 0 Å². The summed E-state index contributed by atoms with van der Waals surface area (Å²) in [7, 11) is 0. The second-order valence-electron chi connectivity index (χ2n) is 6.97. The summed E-state index contributed by atoms with van der Waals surface area (Å²) in [6.07, 6.45) is 2.41. The molecule has 0 spiro atoms. The molecule has 3 aromatic rings. The van der Waals surface area contributed by atoms with E-state index in [0.717, 1.165) is 17.5 Å². The molecule has 1 unspecified atom stereocenters. The number of Topliss-reactive ketones (excluding diaryl/α,β-unsaturated/α-hetero) is 1. The average Bonchev–Trinajstić information content (AvgIpc) is 3.36. The first-order chi connectivity index (χ1) is 14.1. The number of carbonyl (C=O) groups excluding carboxylic acids is 2. The number of hydrogen-bond donors (Lipinski definition) is 1. The third-order valence-corrected chi connectivity index (χ3v) is 5.20. The summed E-state index contributed by atoms with van der Waals surface area (Å²) in [5.74, 6) is -0.942. The van der Waals surface area contributed by atoms with Crippen molar-refractivity contribution in [2.75, 3.05) is 0 Å². The molecule has 1 N–H and O–H groups in total. The van der Waals surface area contributed by atoms with E-state index in [0.29, 0.717) is 11.3 Å². The normalized spacial score (nSPS) is 18.4. The van der Waals surface area contributed by atoms with Gasteiger partial charge in [0, 0.05) is 5.56 Å². The molecular formula is C24H21NO4. The maximum absolute atomic E-state index is 12.9. The molecule has 1 aromatic heterocycles. The van der Waals surface area contributed by atoms with Gasteiger partial charge in [0.25, 0.3) is 11.7 Å². The first-order valence-electron chi connectivity index (χ1n) is 9.55. The fraction of sp³-hybridized carbons (Fsp3) is 0.167. The molecule has 5 nitrogen and oxygen atoms in total. The maximum atomic E-state index is 12.9. The van der Waals surface area contributed by atoms with Crippen LogP contribution in [0.15, 0.2) is 83.0 Å². The number of aliphatic hydroxyl groups excluding tert-OH is 1. The lowest BCUT2D eigenvalue weighted by molar-refractivity contribution is -0.140. The van der Waals surface area contributed by atoms with E-state index in [-0.39, 0.29) is 17.9 Å². The number of nitrogens with zero attached hydrogens (tertiary/aromatic N) is 1. The van der Waals surface area contributed by atoms with E-state index < -0.39 is 17.7 Å². The van der Waals surface area contributed by atoms with Crippen LogP contribution in [0.2, 0.25) is 0 Å². The molecule has 1 amide bonds. The second kappa shape index (κ2) is 7.80. The lowest BCUT2D eigenvalue weighted by Crippen LogP contribution is -2.29. The monoisotopic (exact) mass is 387 g/mol. The summed E-state index contributed by atoms with van der Waals surface area (Å²) < 4.78 is 5.40. The van der Waals surface area contributed by atoms with E-state index in [1.807, 2.05) is 30.3 Å². The van der Waals surface area contributed by atoms with Gasteiger partial charge in [0.15, 0.2) is 0 Å². The van der Waals surface area contributed by atoms with E-state index >= 15 is 0 Å². The Labute approximate surface area is 168 Å². The van der Waals surface area contributed by atoms with Crippen LogP contribution in [0.4, 0.5) is 0 Å². The van der Waals surface area contributed by atoms with E-state index in [1.54, 1.807) is 36.4 Å². The highest BCUT2D eigenvalue weighted by atomic mass is 16.3. The molecule has 0 bridgehead atoms. The molecule has 1 fully saturated rings. The van der Waals surface area contributed by atoms with Crippen LogP contribution < -0.4 is 0 Å². The van der Waals surface area contributed by atoms with Gasteiger partial charge in [-0.15, -0.1) is 0 Å². The van der Waals surface area contributed by atoms with Gasteiger partial charge in [0.05, 0.1) is 24.4 Å². The third-order valence-electron chi connectivity index (χ3n) is 5.20. The quantitative estimate of drug-likeness (QED) is 0.398. The summed E-state index contributed by atoms with van der Waals surface area (Å²) in [5, 5.41) is 10.9. The van der Waals surface area contributed by atoms with Gasteiger partial charge in [0.1, 0.15) is 11.5 Å². The minimum absolute atomic E-state index is 0.0944. The Balaban J connectivity index is 1.85. The fourth-order valence-electron chi connectivity index (χ4n) is 3.65. The van der Waals surface area contributed by atoms with Crippen molar-refractivity contribution in [1.82, 2.24) is 4.90 Å². The first kappa shape index (κ1) is 18.7. The van der Waals surface area contributed by atoms with Crippen LogP contribution in [-0.4, -0.2) is 21.7 Å². The van der Waals surface area contributed by atoms with Crippen molar-refractivity contribution >= 4 is 17.4 Å². The molecule has 0 aliphatic carbocycles. The molecule has 29 heavy (non-hydrogen) atoms. The highest BCUT2D eigenvalue weighted by Crippen LogP contribution is 2.40. The van der Waals surface area contributed by atoms with Gasteiger partial charge in [-0.2, -0.15) is 0 Å². The van der Waals surface area contributed by atoms with Crippen LogP contribution in [-0.2, 0) is 22.6 Å². The number of benzene rings is 2. The van der Waals surface area contributed by atoms with Crippen LogP contribution in [0.1, 0.15) is 35.4 Å². The number of aryl methyl sites for hydroxylation is 1. The van der Waals surface area contributed by atoms with Gasteiger partial charge in [-0.25, -0.2) is 0 Å². The van der Waals surface area contributed by atoms with Crippen molar-refractivity contribution < 1.29 is 19.1 Å². The summed E-state index contributed by atoms with van der Waals surface area (Å²) >= 11 is 0. The number of rotatable bonds is 5. The summed E-state index contributed by atoms with van der Waals surface area (Å²) in [5.41, 5.74) is 2.51. The molecule has 4 rings (SSSR count). The second-order valence-corrected chi connectivity index (χ2v) is 6.97. The molecule has 0 saturated carbocycles. The molecule has 1 saturated heterocycles. The highest BCUT2D eigenvalue weighted by molar-refractivity contribution is 6.46. The molecule has 0 radical (unpaired) electrons. The maximum Gasteiger partial charge on any atom is 0.296 e. The van der Waals surface area contributed by atoms with Gasteiger partial charge in [0.2, 0.25) is 0 Å². The van der Waals surface area contributed by atoms with Crippen LogP contribution in [0.25, 0.3) is 5.76 Å². The fourth-order valence-corrected chi connectivity index (χ4v) is 3.65. The summed E-state index contributed by atoms with van der Waals surface area (Å²) in [6.45, 7) is 2.21. The van der Waals surface area contributed by atoms with Crippen molar-refractivity contribution in [3.8, 4) is 0 Å². The Morgan fingerprint density at radius 1 is 1.00 bits per heavy atom. The molecule has 1 aliphatic heterocycles. The van der Waals surface area contributed by atoms with Crippen molar-refractivity contribution in [3.63, 3.8) is 0 Å². The van der Waals surface area contributed by atoms with E-state index in [1.165, 1.54) is 11.2 Å². The lowest BCUT2D eigenvalue weighted by atomic mass is 9.94. The van der Waals surface area contributed by atoms with Gasteiger partial charge in [-0.05, 0) is 29.7 Å². The topological polar surface area (TPSA) is 70.8 Å². The number of amides is 1. The van der Waals surface area contributed by atoms with Gasteiger partial charge in [-0.3, -0.25) is 9.59 Å². The first-order valence-corrected chi connectivity index (χ1v) is 9.55. The van der Waals surface area contributed by atoms with E-state index in [4.69, 9.17) is 4.42 Å². The summed E-state index contributed by atoms with van der Waals surface area (Å²) in [4.78, 5) is 27.3. The van der Waals surface area contributed by atoms with Gasteiger partial charge >= 0.3 is 0 Å².